The summed E-state index contributed by atoms with van der Waals surface area (Å²) in [5.41, 5.74) is -12.9. The Morgan fingerprint density at radius 3 is 2.18 bits per heavy atom. The first-order chi connectivity index (χ1) is 26.0. The van der Waals surface area contributed by atoms with E-state index in [1.165, 1.54) is 39.3 Å². The number of aromatic carboxylic acids is 1. The molecule has 8 N–H and O–H groups in total. The molecule has 3 aromatic rings. The Morgan fingerprint density at radius 2 is 1.58 bits per heavy atom. The molecule has 9 atom stereocenters. The van der Waals surface area contributed by atoms with Crippen LogP contribution in [0.2, 0.25) is 0 Å². The molecule has 16 heteroatoms. The summed E-state index contributed by atoms with van der Waals surface area (Å²) in [6.07, 6.45) is -6.67. The van der Waals surface area contributed by atoms with Crippen molar-refractivity contribution in [3.63, 3.8) is 0 Å². The summed E-state index contributed by atoms with van der Waals surface area (Å²) >= 11 is 0. The molecule has 290 valence electrons. The van der Waals surface area contributed by atoms with Gasteiger partial charge < -0.3 is 60.0 Å². The smallest absolute Gasteiger partial charge is 0.339 e. The number of rotatable bonds is 7. The van der Waals surface area contributed by atoms with Crippen LogP contribution >= 0.6 is 0 Å². The fourth-order valence-corrected chi connectivity index (χ4v) is 8.93. The minimum atomic E-state index is -3.31. The number of hydrogen-bond acceptors (Lipinski definition) is 15. The monoisotopic (exact) mass is 761 g/mol. The Balaban J connectivity index is 1.48. The lowest BCUT2D eigenvalue weighted by atomic mass is 9.56. The number of methoxy groups -OCH3 is 3. The van der Waals surface area contributed by atoms with Crippen molar-refractivity contribution in [2.24, 2.45) is 0 Å². The summed E-state index contributed by atoms with van der Waals surface area (Å²) in [4.78, 5) is 56.0. The van der Waals surface area contributed by atoms with Gasteiger partial charge in [-0.05, 0) is 36.6 Å². The van der Waals surface area contributed by atoms with Gasteiger partial charge in [-0.15, -0.1) is 0 Å². The Bertz CT molecular complexity index is 2200. The number of benzene rings is 3. The molecule has 4 unspecified atom stereocenters. The van der Waals surface area contributed by atoms with Crippen LogP contribution in [0, 0.1) is 6.92 Å². The van der Waals surface area contributed by atoms with Crippen molar-refractivity contribution in [3.8, 4) is 11.5 Å². The van der Waals surface area contributed by atoms with Crippen molar-refractivity contribution >= 4 is 23.3 Å². The summed E-state index contributed by atoms with van der Waals surface area (Å²) in [6.45, 7) is 2.99. The first kappa shape index (κ1) is 38.2. The molecule has 7 rings (SSSR count). The average molecular weight is 762 g/mol. The second kappa shape index (κ2) is 13.0. The number of aliphatic hydroxyl groups excluding tert-OH is 2. The molecule has 0 bridgehead atoms. The normalized spacial score (nSPS) is 32.5. The van der Waals surface area contributed by atoms with Gasteiger partial charge in [0.25, 0.3) is 0 Å². The minimum absolute atomic E-state index is 0.0294. The van der Waals surface area contributed by atoms with Crippen LogP contribution < -0.4 is 5.32 Å². The molecule has 0 radical (unpaired) electrons. The number of ketones is 3. The number of Topliss-reactive ketones (excluding diaryl/α,β-unsaturated/α-hetero) is 2. The van der Waals surface area contributed by atoms with Gasteiger partial charge in [0.1, 0.15) is 35.4 Å². The van der Waals surface area contributed by atoms with Crippen molar-refractivity contribution in [3.05, 3.63) is 104 Å². The Morgan fingerprint density at radius 1 is 0.927 bits per heavy atom. The maximum atomic E-state index is 15.0. The second-order valence-electron chi connectivity index (χ2n) is 14.2. The van der Waals surface area contributed by atoms with E-state index >= 15 is 0 Å². The van der Waals surface area contributed by atoms with E-state index in [0.717, 1.165) is 19.3 Å². The zero-order valence-corrected chi connectivity index (χ0v) is 30.2. The lowest BCUT2D eigenvalue weighted by molar-refractivity contribution is -0.237. The number of nitrogens with one attached hydrogen (secondary N) is 1. The quantitative estimate of drug-likeness (QED) is 0.165. The Kier molecular flexibility index (Phi) is 9.06. The molecule has 3 aliphatic carbocycles. The zero-order chi connectivity index (χ0) is 40.1. The van der Waals surface area contributed by atoms with Gasteiger partial charge >= 0.3 is 5.97 Å². The third-order valence-electron chi connectivity index (χ3n) is 11.5. The van der Waals surface area contributed by atoms with E-state index in [1.54, 1.807) is 25.1 Å². The fourth-order valence-electron chi connectivity index (χ4n) is 8.93. The molecular weight excluding hydrogens is 722 g/mol. The fraction of sp³-hybridized carbons (Fsp3) is 0.385. The number of aliphatic hydroxyl groups is 4. The Hall–Kier alpha value is -5.04. The van der Waals surface area contributed by atoms with Crippen molar-refractivity contribution in [2.75, 3.05) is 21.3 Å². The number of carboxylic acids is 1. The molecule has 3 aromatic carbocycles. The summed E-state index contributed by atoms with van der Waals surface area (Å²) in [5, 5.41) is 84.4. The van der Waals surface area contributed by atoms with Gasteiger partial charge in [0.2, 0.25) is 11.6 Å². The number of carboxylic acid groups (broad SMARTS) is 1. The van der Waals surface area contributed by atoms with Crippen LogP contribution in [0.5, 0.6) is 11.5 Å². The summed E-state index contributed by atoms with van der Waals surface area (Å²) in [7, 11) is 3.60. The van der Waals surface area contributed by atoms with E-state index in [9.17, 15) is 54.9 Å². The van der Waals surface area contributed by atoms with Gasteiger partial charge in [0.15, 0.2) is 28.8 Å². The number of fused-ring (bicyclic) bond motifs is 5. The SMILES string of the molecule is CO[C@@H]1[C@@H](O)[C@@H](OC)[C@@H](NC2=CC(=O)c3c(cc4c(c3O)C(=O)C3(OC)C(O)Cc5cc(C)c(C(=O)O)c(O)c5C3(O)C4=O)C2(O)c2ccccc2)O[C@H]1C. The third-order valence-corrected chi connectivity index (χ3v) is 11.5. The first-order valence-electron chi connectivity index (χ1n) is 17.2. The lowest BCUT2D eigenvalue weighted by Gasteiger charge is -2.53. The van der Waals surface area contributed by atoms with Gasteiger partial charge in [-0.3, -0.25) is 14.4 Å². The van der Waals surface area contributed by atoms with Gasteiger partial charge in [-0.2, -0.15) is 0 Å². The molecule has 0 spiro atoms. The third kappa shape index (κ3) is 4.87. The van der Waals surface area contributed by atoms with E-state index in [4.69, 9.17) is 18.9 Å². The van der Waals surface area contributed by atoms with E-state index in [2.05, 4.69) is 5.32 Å². The number of carbonyl (C=O) groups excluding carboxylic acids is 3. The van der Waals surface area contributed by atoms with Crippen LogP contribution in [-0.2, 0) is 36.6 Å². The molecular formula is C39H39NO15. The van der Waals surface area contributed by atoms with Gasteiger partial charge in [0.05, 0.1) is 29.0 Å². The number of ether oxygens (including phenoxy) is 4. The van der Waals surface area contributed by atoms with E-state index in [1.807, 2.05) is 0 Å². The predicted molar refractivity (Wildman–Crippen MR) is 187 cm³/mol. The molecule has 1 fully saturated rings. The van der Waals surface area contributed by atoms with Crippen LogP contribution in [0.25, 0.3) is 0 Å². The number of allylic oxidation sites excluding steroid dienone is 1. The van der Waals surface area contributed by atoms with E-state index in [-0.39, 0.29) is 22.4 Å². The number of aromatic hydroxyl groups is 2. The maximum absolute atomic E-state index is 15.0. The van der Waals surface area contributed by atoms with Crippen LogP contribution in [0.1, 0.15) is 76.2 Å². The molecule has 4 aliphatic rings. The number of aryl methyl sites for hydroxylation is 1. The first-order valence-corrected chi connectivity index (χ1v) is 17.2. The molecule has 0 amide bonds. The number of carbonyl (C=O) groups is 4. The van der Waals surface area contributed by atoms with Crippen LogP contribution in [0.4, 0.5) is 0 Å². The van der Waals surface area contributed by atoms with Crippen LogP contribution in [0.3, 0.4) is 0 Å². The molecule has 1 saturated heterocycles. The highest BCUT2D eigenvalue weighted by molar-refractivity contribution is 6.26. The van der Waals surface area contributed by atoms with Crippen molar-refractivity contribution in [2.45, 2.75) is 73.8 Å². The Labute approximate surface area is 313 Å². The standard InChI is InChI=1S/C39H39NO15/c1-15-11-17-12-23(42)39(54-5)34(47)25-19(33(46)38(39,51)27(17)29(44)24(15)36(48)49)13-20-26(28(25)43)21(41)14-22(37(20,50)18-9-7-6-8-10-18)40-35-32(53-4)30(45)31(52-3)16(2)55-35/h6-11,13-14,16,23,30-32,35,40,42-45,50-51H,12H2,1-5H3,(H,48,49)/t16-,23?,30+,31-,32+,35-,37?,38?,39?/m0/s1. The van der Waals surface area contributed by atoms with E-state index < -0.39 is 128 Å². The van der Waals surface area contributed by atoms with Crippen molar-refractivity contribution in [1.29, 1.82) is 0 Å². The number of hydrogen-bond donors (Lipinski definition) is 8. The minimum Gasteiger partial charge on any atom is -0.507 e. The van der Waals surface area contributed by atoms with Gasteiger partial charge in [-0.25, -0.2) is 4.79 Å². The largest absolute Gasteiger partial charge is 0.507 e. The summed E-state index contributed by atoms with van der Waals surface area (Å²) < 4.78 is 22.5. The highest BCUT2D eigenvalue weighted by Crippen LogP contribution is 2.57. The van der Waals surface area contributed by atoms with Crippen LogP contribution in [-0.4, -0.2) is 123 Å². The maximum Gasteiger partial charge on any atom is 0.339 e. The summed E-state index contributed by atoms with van der Waals surface area (Å²) in [5.74, 6) is -7.49. The van der Waals surface area contributed by atoms with Gasteiger partial charge in [0, 0.05) is 50.5 Å². The topological polar surface area (TPSA) is 259 Å². The second-order valence-corrected chi connectivity index (χ2v) is 14.2. The molecule has 0 aromatic heterocycles. The highest BCUT2D eigenvalue weighted by Gasteiger charge is 2.73. The molecule has 1 aliphatic heterocycles. The zero-order valence-electron chi connectivity index (χ0n) is 30.2. The average Bonchev–Trinajstić information content (AvgIpc) is 3.12. The summed E-state index contributed by atoms with van der Waals surface area (Å²) in [6, 6.07) is 9.94. The van der Waals surface area contributed by atoms with Crippen molar-refractivity contribution < 1.29 is 73.9 Å². The molecule has 0 saturated carbocycles. The van der Waals surface area contributed by atoms with Crippen LogP contribution in [0.15, 0.2) is 54.2 Å². The van der Waals surface area contributed by atoms with Gasteiger partial charge in [-0.1, -0.05) is 36.4 Å². The van der Waals surface area contributed by atoms with E-state index in [0.29, 0.717) is 0 Å². The highest BCUT2D eigenvalue weighted by atomic mass is 16.6. The number of phenols is 2. The van der Waals surface area contributed by atoms with Crippen molar-refractivity contribution in [1.82, 2.24) is 5.32 Å². The predicted octanol–water partition coefficient (Wildman–Crippen LogP) is 0.715. The molecule has 16 nitrogen and oxygen atoms in total. The number of phenolic OH excluding ortho intramolecular Hbond substituents is 1. The molecule has 55 heavy (non-hydrogen) atoms. The molecule has 1 heterocycles. The lowest BCUT2D eigenvalue weighted by Crippen LogP contribution is -2.73.